The van der Waals surface area contributed by atoms with Crippen LogP contribution < -0.4 is 5.73 Å². The van der Waals surface area contributed by atoms with E-state index < -0.39 is 4.92 Å². The molecule has 0 aliphatic carbocycles. The summed E-state index contributed by atoms with van der Waals surface area (Å²) in [5.41, 5.74) is 7.94. The van der Waals surface area contributed by atoms with E-state index in [1.807, 2.05) is 12.1 Å². The number of nitro groups is 1. The van der Waals surface area contributed by atoms with Gasteiger partial charge < -0.3 is 5.73 Å². The van der Waals surface area contributed by atoms with Gasteiger partial charge in [-0.3, -0.25) is 10.1 Å². The summed E-state index contributed by atoms with van der Waals surface area (Å²) < 4.78 is 0. The van der Waals surface area contributed by atoms with E-state index in [2.05, 4.69) is 0 Å². The van der Waals surface area contributed by atoms with Crippen molar-refractivity contribution in [2.75, 3.05) is 5.73 Å². The number of rotatable bonds is 3. The molecule has 3 aromatic carbocycles. The standard InChI is InChI=1S/C19H12ClN3O2/c20-14-8-6-13(7-9-14)15-10-16(12-4-2-1-3-5-12)19(23(24)25)18(22)17(15)11-21/h1-10H,22H2. The normalized spacial score (nSPS) is 10.2. The number of nitro benzene ring substituents is 1. The van der Waals surface area contributed by atoms with E-state index in [4.69, 9.17) is 17.3 Å². The highest BCUT2D eigenvalue weighted by Crippen LogP contribution is 2.42. The number of nitriles is 1. The van der Waals surface area contributed by atoms with Crippen LogP contribution in [0.1, 0.15) is 5.56 Å². The van der Waals surface area contributed by atoms with Crippen LogP contribution in [0.5, 0.6) is 0 Å². The first-order valence-electron chi connectivity index (χ1n) is 7.35. The predicted octanol–water partition coefficient (Wildman–Crippen LogP) is 5.04. The van der Waals surface area contributed by atoms with Crippen molar-refractivity contribution >= 4 is 23.0 Å². The fraction of sp³-hybridized carbons (Fsp3) is 0. The highest BCUT2D eigenvalue weighted by Gasteiger charge is 2.26. The Labute approximate surface area is 149 Å². The first-order valence-corrected chi connectivity index (χ1v) is 7.73. The Morgan fingerprint density at radius 3 is 2.16 bits per heavy atom. The molecule has 0 amide bonds. The molecule has 0 saturated heterocycles. The van der Waals surface area contributed by atoms with Crippen LogP contribution in [0.15, 0.2) is 60.7 Å². The molecule has 0 heterocycles. The van der Waals surface area contributed by atoms with E-state index in [9.17, 15) is 15.4 Å². The predicted molar refractivity (Wildman–Crippen MR) is 98.1 cm³/mol. The maximum atomic E-state index is 11.6. The van der Waals surface area contributed by atoms with E-state index in [1.165, 1.54) is 0 Å². The molecule has 0 fully saturated rings. The monoisotopic (exact) mass is 349 g/mol. The van der Waals surface area contributed by atoms with Crippen molar-refractivity contribution in [1.29, 1.82) is 5.26 Å². The molecule has 0 aliphatic heterocycles. The van der Waals surface area contributed by atoms with Crippen molar-refractivity contribution in [2.24, 2.45) is 0 Å². The number of nitrogens with two attached hydrogens (primary N) is 1. The second-order valence-electron chi connectivity index (χ2n) is 5.35. The summed E-state index contributed by atoms with van der Waals surface area (Å²) >= 11 is 5.92. The maximum absolute atomic E-state index is 11.6. The molecule has 25 heavy (non-hydrogen) atoms. The maximum Gasteiger partial charge on any atom is 0.301 e. The van der Waals surface area contributed by atoms with Crippen LogP contribution in [-0.2, 0) is 0 Å². The minimum atomic E-state index is -0.551. The van der Waals surface area contributed by atoms with Crippen LogP contribution in [-0.4, -0.2) is 4.92 Å². The molecule has 3 aromatic rings. The van der Waals surface area contributed by atoms with E-state index in [0.717, 1.165) is 0 Å². The van der Waals surface area contributed by atoms with E-state index in [0.29, 0.717) is 27.3 Å². The van der Waals surface area contributed by atoms with Crippen molar-refractivity contribution in [3.8, 4) is 28.3 Å². The minimum Gasteiger partial charge on any atom is -0.392 e. The summed E-state index contributed by atoms with van der Waals surface area (Å²) in [6.07, 6.45) is 0. The largest absolute Gasteiger partial charge is 0.392 e. The summed E-state index contributed by atoms with van der Waals surface area (Å²) in [4.78, 5) is 11.0. The molecule has 0 radical (unpaired) electrons. The summed E-state index contributed by atoms with van der Waals surface area (Å²) in [5, 5.41) is 21.6. The van der Waals surface area contributed by atoms with Crippen molar-refractivity contribution in [3.63, 3.8) is 0 Å². The van der Waals surface area contributed by atoms with Gasteiger partial charge >= 0.3 is 5.69 Å². The number of benzene rings is 3. The highest BCUT2D eigenvalue weighted by molar-refractivity contribution is 6.30. The Morgan fingerprint density at radius 1 is 1.00 bits per heavy atom. The van der Waals surface area contributed by atoms with E-state index in [1.54, 1.807) is 54.6 Å². The minimum absolute atomic E-state index is 0.0775. The van der Waals surface area contributed by atoms with Gasteiger partial charge in [0.1, 0.15) is 11.8 Å². The molecule has 6 heteroatoms. The highest BCUT2D eigenvalue weighted by atomic mass is 35.5. The number of nitrogen functional groups attached to an aromatic ring is 1. The van der Waals surface area contributed by atoms with Gasteiger partial charge in [0.05, 0.1) is 16.1 Å². The topological polar surface area (TPSA) is 92.9 Å². The zero-order valence-corrected chi connectivity index (χ0v) is 13.7. The summed E-state index contributed by atoms with van der Waals surface area (Å²) in [7, 11) is 0. The van der Waals surface area contributed by atoms with Gasteiger partial charge in [-0.2, -0.15) is 5.26 Å². The SMILES string of the molecule is N#Cc1c(-c2ccc(Cl)cc2)cc(-c2ccccc2)c([N+](=O)[O-])c1N. The molecule has 0 atom stereocenters. The van der Waals surface area contributed by atoms with Crippen LogP contribution in [0.3, 0.4) is 0 Å². The van der Waals surface area contributed by atoms with Gasteiger partial charge in [-0.1, -0.05) is 54.1 Å². The Kier molecular flexibility index (Phi) is 4.38. The fourth-order valence-electron chi connectivity index (χ4n) is 2.71. The Morgan fingerprint density at radius 2 is 1.60 bits per heavy atom. The van der Waals surface area contributed by atoms with Gasteiger partial charge in [-0.15, -0.1) is 0 Å². The molecule has 3 rings (SSSR count). The van der Waals surface area contributed by atoms with Gasteiger partial charge in [0, 0.05) is 10.6 Å². The number of halogens is 1. The first-order chi connectivity index (χ1) is 12.0. The van der Waals surface area contributed by atoms with Crippen molar-refractivity contribution in [2.45, 2.75) is 0 Å². The molecule has 122 valence electrons. The average Bonchev–Trinajstić information content (AvgIpc) is 2.62. The summed E-state index contributed by atoms with van der Waals surface area (Å²) in [6, 6.07) is 19.4. The van der Waals surface area contributed by atoms with Gasteiger partial charge in [0.15, 0.2) is 0 Å². The van der Waals surface area contributed by atoms with Crippen LogP contribution in [0, 0.1) is 21.4 Å². The lowest BCUT2D eigenvalue weighted by molar-refractivity contribution is -0.383. The summed E-state index contributed by atoms with van der Waals surface area (Å²) in [6.45, 7) is 0. The third-order valence-corrected chi connectivity index (χ3v) is 4.12. The van der Waals surface area contributed by atoms with Gasteiger partial charge in [0.2, 0.25) is 0 Å². The molecule has 0 saturated carbocycles. The zero-order valence-electron chi connectivity index (χ0n) is 12.9. The number of hydrogen-bond donors (Lipinski definition) is 1. The van der Waals surface area contributed by atoms with Crippen molar-refractivity contribution in [1.82, 2.24) is 0 Å². The van der Waals surface area contributed by atoms with Crippen LogP contribution in [0.2, 0.25) is 5.02 Å². The first kappa shape index (κ1) is 16.5. The van der Waals surface area contributed by atoms with Crippen LogP contribution >= 0.6 is 11.6 Å². The Balaban J connectivity index is 2.37. The van der Waals surface area contributed by atoms with E-state index >= 15 is 0 Å². The fourth-order valence-corrected chi connectivity index (χ4v) is 2.83. The third kappa shape index (κ3) is 3.03. The summed E-state index contributed by atoms with van der Waals surface area (Å²) in [5.74, 6) is 0. The molecular formula is C19H12ClN3O2. The molecular weight excluding hydrogens is 338 g/mol. The lowest BCUT2D eigenvalue weighted by Crippen LogP contribution is -2.03. The molecule has 0 spiro atoms. The molecule has 0 unspecified atom stereocenters. The smallest absolute Gasteiger partial charge is 0.301 e. The molecule has 0 bridgehead atoms. The molecule has 2 N–H and O–H groups in total. The van der Waals surface area contributed by atoms with Gasteiger partial charge in [-0.05, 0) is 29.3 Å². The van der Waals surface area contributed by atoms with Crippen LogP contribution in [0.4, 0.5) is 11.4 Å². The molecule has 0 aromatic heterocycles. The van der Waals surface area contributed by atoms with Gasteiger partial charge in [-0.25, -0.2) is 0 Å². The zero-order chi connectivity index (χ0) is 18.0. The van der Waals surface area contributed by atoms with Crippen molar-refractivity contribution in [3.05, 3.63) is 81.4 Å². The second-order valence-corrected chi connectivity index (χ2v) is 5.79. The van der Waals surface area contributed by atoms with Gasteiger partial charge in [0.25, 0.3) is 0 Å². The Bertz CT molecular complexity index is 994. The third-order valence-electron chi connectivity index (χ3n) is 3.87. The number of hydrogen-bond acceptors (Lipinski definition) is 4. The quantitative estimate of drug-likeness (QED) is 0.407. The van der Waals surface area contributed by atoms with E-state index in [-0.39, 0.29) is 16.9 Å². The average molecular weight is 350 g/mol. The molecule has 0 aliphatic rings. The number of nitrogens with zero attached hydrogens (tertiary/aromatic N) is 2. The number of anilines is 1. The second kappa shape index (κ2) is 6.63. The van der Waals surface area contributed by atoms with Crippen LogP contribution in [0.25, 0.3) is 22.3 Å². The molecule has 5 nitrogen and oxygen atoms in total. The lowest BCUT2D eigenvalue weighted by atomic mass is 9.92. The van der Waals surface area contributed by atoms with Crippen molar-refractivity contribution < 1.29 is 4.92 Å². The Hall–Kier alpha value is -3.36. The lowest BCUT2D eigenvalue weighted by Gasteiger charge is -2.12.